The summed E-state index contributed by atoms with van der Waals surface area (Å²) in [6.45, 7) is 2.24. The van der Waals surface area contributed by atoms with Crippen LogP contribution in [0, 0.1) is 6.92 Å². The summed E-state index contributed by atoms with van der Waals surface area (Å²) in [7, 11) is 0. The van der Waals surface area contributed by atoms with E-state index >= 15 is 0 Å². The minimum Gasteiger partial charge on any atom is -0.309 e. The first-order chi connectivity index (χ1) is 22.3. The smallest absolute Gasteiger partial charge is 0.0541 e. The minimum atomic E-state index is 1.19. The van der Waals surface area contributed by atoms with Gasteiger partial charge in [0.25, 0.3) is 0 Å². The number of hydrogen-bond acceptors (Lipinski definition) is 0. The fourth-order valence-corrected chi connectivity index (χ4v) is 7.21. The van der Waals surface area contributed by atoms with Crippen molar-refractivity contribution in [3.8, 4) is 33.6 Å². The summed E-state index contributed by atoms with van der Waals surface area (Å²) in [6.07, 6.45) is 0. The molecule has 0 bridgehead atoms. The highest BCUT2D eigenvalue weighted by Crippen LogP contribution is 2.39. The molecule has 0 saturated heterocycles. The molecule has 2 nitrogen and oxygen atoms in total. The second kappa shape index (κ2) is 10.1. The highest BCUT2D eigenvalue weighted by molar-refractivity contribution is 6.11. The predicted molar refractivity (Wildman–Crippen MR) is 191 cm³/mol. The molecule has 0 aliphatic rings. The number of para-hydroxylation sites is 4. The van der Waals surface area contributed by atoms with Crippen LogP contribution in [0.4, 0.5) is 0 Å². The Labute approximate surface area is 262 Å². The average Bonchev–Trinajstić information content (AvgIpc) is 3.61. The third-order valence-corrected chi connectivity index (χ3v) is 9.25. The van der Waals surface area contributed by atoms with E-state index in [-0.39, 0.29) is 0 Å². The second-order valence-electron chi connectivity index (χ2n) is 11.8. The summed E-state index contributed by atoms with van der Waals surface area (Å²) < 4.78 is 4.85. The van der Waals surface area contributed by atoms with Crippen molar-refractivity contribution in [1.82, 2.24) is 9.13 Å². The van der Waals surface area contributed by atoms with E-state index in [0.29, 0.717) is 0 Å². The standard InChI is InChI=1S/C43H30N2/c1-29-27-32(33-15-5-9-19-39(33)45-40-20-10-6-16-34(40)35-17-7-11-21-41(35)45)24-25-38(29)44-42-22-12-8-18-36(42)37-28-31(23-26-43(37)44)30-13-3-2-4-14-30/h2-28H,1H3. The van der Waals surface area contributed by atoms with Crippen LogP contribution >= 0.6 is 0 Å². The van der Waals surface area contributed by atoms with E-state index in [1.807, 2.05) is 0 Å². The van der Waals surface area contributed by atoms with Crippen LogP contribution in [0.2, 0.25) is 0 Å². The van der Waals surface area contributed by atoms with Gasteiger partial charge in [0, 0.05) is 32.8 Å². The van der Waals surface area contributed by atoms with E-state index in [1.165, 1.54) is 82.8 Å². The topological polar surface area (TPSA) is 9.86 Å². The van der Waals surface area contributed by atoms with E-state index in [1.54, 1.807) is 0 Å². The van der Waals surface area contributed by atoms with Gasteiger partial charge in [0.15, 0.2) is 0 Å². The van der Waals surface area contributed by atoms with E-state index in [0.717, 1.165) is 0 Å². The Balaban J connectivity index is 1.22. The van der Waals surface area contributed by atoms with Crippen LogP contribution in [-0.2, 0) is 0 Å². The fourth-order valence-electron chi connectivity index (χ4n) is 7.21. The number of aryl methyl sites for hydroxylation is 1. The highest BCUT2D eigenvalue weighted by Gasteiger charge is 2.18. The summed E-state index contributed by atoms with van der Waals surface area (Å²) in [5.41, 5.74) is 13.4. The zero-order valence-corrected chi connectivity index (χ0v) is 25.0. The van der Waals surface area contributed by atoms with Gasteiger partial charge in [0.1, 0.15) is 0 Å². The lowest BCUT2D eigenvalue weighted by molar-refractivity contribution is 1.15. The van der Waals surface area contributed by atoms with Gasteiger partial charge in [0.2, 0.25) is 0 Å². The zero-order chi connectivity index (χ0) is 29.9. The number of benzene rings is 7. The molecule has 0 radical (unpaired) electrons. The lowest BCUT2D eigenvalue weighted by Gasteiger charge is -2.16. The maximum atomic E-state index is 2.43. The van der Waals surface area contributed by atoms with Crippen molar-refractivity contribution < 1.29 is 0 Å². The van der Waals surface area contributed by atoms with Gasteiger partial charge in [-0.15, -0.1) is 0 Å². The molecule has 2 heterocycles. The molecule has 2 heteroatoms. The van der Waals surface area contributed by atoms with E-state index in [9.17, 15) is 0 Å². The van der Waals surface area contributed by atoms with Crippen LogP contribution in [0.3, 0.4) is 0 Å². The fraction of sp³-hybridized carbons (Fsp3) is 0.0233. The van der Waals surface area contributed by atoms with Crippen molar-refractivity contribution in [3.05, 3.63) is 169 Å². The third-order valence-electron chi connectivity index (χ3n) is 9.25. The summed E-state index contributed by atoms with van der Waals surface area (Å²) in [5, 5.41) is 5.09. The van der Waals surface area contributed by atoms with Crippen molar-refractivity contribution in [1.29, 1.82) is 0 Å². The van der Waals surface area contributed by atoms with Crippen LogP contribution in [0.5, 0.6) is 0 Å². The van der Waals surface area contributed by atoms with Crippen molar-refractivity contribution in [2.24, 2.45) is 0 Å². The summed E-state index contributed by atoms with van der Waals surface area (Å²) in [6, 6.07) is 59.4. The van der Waals surface area contributed by atoms with Crippen LogP contribution < -0.4 is 0 Å². The molecule has 7 aromatic carbocycles. The number of aromatic nitrogens is 2. The normalized spacial score (nSPS) is 11.7. The molecular weight excluding hydrogens is 544 g/mol. The molecule has 45 heavy (non-hydrogen) atoms. The average molecular weight is 575 g/mol. The van der Waals surface area contributed by atoms with Gasteiger partial charge in [-0.3, -0.25) is 0 Å². The molecule has 0 fully saturated rings. The van der Waals surface area contributed by atoms with Crippen LogP contribution in [0.25, 0.3) is 77.2 Å². The Hall–Kier alpha value is -5.86. The quantitative estimate of drug-likeness (QED) is 0.198. The van der Waals surface area contributed by atoms with Crippen molar-refractivity contribution in [2.75, 3.05) is 0 Å². The predicted octanol–water partition coefficient (Wildman–Crippen LogP) is 11.5. The lowest BCUT2D eigenvalue weighted by Crippen LogP contribution is -1.99. The Bertz CT molecular complexity index is 2490. The van der Waals surface area contributed by atoms with Crippen LogP contribution in [0.15, 0.2) is 164 Å². The van der Waals surface area contributed by atoms with Gasteiger partial charge in [-0.2, -0.15) is 0 Å². The maximum Gasteiger partial charge on any atom is 0.0541 e. The first-order valence-electron chi connectivity index (χ1n) is 15.5. The number of fused-ring (bicyclic) bond motifs is 6. The number of nitrogens with zero attached hydrogens (tertiary/aromatic N) is 2. The SMILES string of the molecule is Cc1cc(-c2ccccc2-n2c3ccccc3c3ccccc32)ccc1-n1c2ccccc2c2cc(-c3ccccc3)ccc21. The maximum absolute atomic E-state index is 2.43. The molecule has 0 spiro atoms. The molecule has 0 unspecified atom stereocenters. The first-order valence-corrected chi connectivity index (χ1v) is 15.5. The number of rotatable bonds is 4. The second-order valence-corrected chi connectivity index (χ2v) is 11.8. The molecule has 0 atom stereocenters. The molecular formula is C43H30N2. The Morgan fingerprint density at radius 2 is 0.844 bits per heavy atom. The van der Waals surface area contributed by atoms with Gasteiger partial charge < -0.3 is 9.13 Å². The van der Waals surface area contributed by atoms with E-state index in [4.69, 9.17) is 0 Å². The van der Waals surface area contributed by atoms with Crippen molar-refractivity contribution >= 4 is 43.6 Å². The van der Waals surface area contributed by atoms with Crippen molar-refractivity contribution in [3.63, 3.8) is 0 Å². The Morgan fingerprint density at radius 1 is 0.333 bits per heavy atom. The monoisotopic (exact) mass is 574 g/mol. The summed E-state index contributed by atoms with van der Waals surface area (Å²) in [5.74, 6) is 0. The van der Waals surface area contributed by atoms with Gasteiger partial charge in [-0.25, -0.2) is 0 Å². The molecule has 0 N–H and O–H groups in total. The molecule has 9 aromatic rings. The molecule has 9 rings (SSSR count). The van der Waals surface area contributed by atoms with Gasteiger partial charge >= 0.3 is 0 Å². The van der Waals surface area contributed by atoms with Crippen LogP contribution in [0.1, 0.15) is 5.56 Å². The molecule has 0 saturated carbocycles. The zero-order valence-electron chi connectivity index (χ0n) is 25.0. The molecule has 0 amide bonds. The molecule has 2 aromatic heterocycles. The third kappa shape index (κ3) is 3.96. The van der Waals surface area contributed by atoms with Gasteiger partial charge in [0.05, 0.1) is 27.8 Å². The molecule has 0 aliphatic heterocycles. The van der Waals surface area contributed by atoms with Gasteiger partial charge in [-0.1, -0.05) is 115 Å². The summed E-state index contributed by atoms with van der Waals surface area (Å²) in [4.78, 5) is 0. The lowest BCUT2D eigenvalue weighted by atomic mass is 10.00. The van der Waals surface area contributed by atoms with E-state index < -0.39 is 0 Å². The number of hydrogen-bond donors (Lipinski definition) is 0. The first kappa shape index (κ1) is 25.6. The highest BCUT2D eigenvalue weighted by atomic mass is 15.0. The summed E-state index contributed by atoms with van der Waals surface area (Å²) >= 11 is 0. The molecule has 0 aliphatic carbocycles. The Morgan fingerprint density at radius 3 is 1.51 bits per heavy atom. The van der Waals surface area contributed by atoms with Gasteiger partial charge in [-0.05, 0) is 77.7 Å². The van der Waals surface area contributed by atoms with Crippen LogP contribution in [-0.4, -0.2) is 9.13 Å². The minimum absolute atomic E-state index is 1.19. The molecule has 212 valence electrons. The van der Waals surface area contributed by atoms with E-state index in [2.05, 4.69) is 180 Å². The van der Waals surface area contributed by atoms with Crippen molar-refractivity contribution in [2.45, 2.75) is 6.92 Å². The largest absolute Gasteiger partial charge is 0.309 e. The Kier molecular flexibility index (Phi) is 5.76.